The van der Waals surface area contributed by atoms with Crippen molar-refractivity contribution in [3.05, 3.63) is 70.1 Å². The number of aromatic nitrogens is 2. The smallest absolute Gasteiger partial charge is 0.326 e. The van der Waals surface area contributed by atoms with Gasteiger partial charge in [-0.3, -0.25) is 14.6 Å². The summed E-state index contributed by atoms with van der Waals surface area (Å²) < 4.78 is 0. The summed E-state index contributed by atoms with van der Waals surface area (Å²) in [5, 5.41) is 12.3. The minimum atomic E-state index is -1.07. The second kappa shape index (κ2) is 10.7. The van der Waals surface area contributed by atoms with E-state index in [9.17, 15) is 19.5 Å². The van der Waals surface area contributed by atoms with Crippen molar-refractivity contribution in [3.63, 3.8) is 0 Å². The van der Waals surface area contributed by atoms with Gasteiger partial charge in [0, 0.05) is 16.1 Å². The van der Waals surface area contributed by atoms with E-state index in [1.807, 2.05) is 37.3 Å². The lowest BCUT2D eigenvalue weighted by Gasteiger charge is -2.18. The van der Waals surface area contributed by atoms with Crippen molar-refractivity contribution in [1.29, 1.82) is 0 Å². The van der Waals surface area contributed by atoms with Gasteiger partial charge >= 0.3 is 5.97 Å². The number of nitrogens with two attached hydrogens (primary N) is 1. The van der Waals surface area contributed by atoms with Gasteiger partial charge < -0.3 is 16.2 Å². The van der Waals surface area contributed by atoms with Crippen LogP contribution in [-0.4, -0.2) is 38.9 Å². The Morgan fingerprint density at radius 2 is 1.63 bits per heavy atom. The van der Waals surface area contributed by atoms with E-state index in [4.69, 9.17) is 17.3 Å². The molecule has 0 fully saturated rings. The molecule has 4 N–H and O–H groups in total. The number of aliphatic carboxylic acids is 1. The van der Waals surface area contributed by atoms with E-state index in [1.165, 1.54) is 0 Å². The van der Waals surface area contributed by atoms with Gasteiger partial charge in [-0.25, -0.2) is 9.78 Å². The minimum Gasteiger partial charge on any atom is -0.480 e. The number of nitrogens with zero attached hydrogens (tertiary/aromatic N) is 2. The molecule has 9 heteroatoms. The lowest BCUT2D eigenvalue weighted by molar-refractivity contribution is -0.143. The van der Waals surface area contributed by atoms with Crippen LogP contribution in [0.15, 0.2) is 42.5 Å². The lowest BCUT2D eigenvalue weighted by Crippen LogP contribution is -2.44. The highest BCUT2D eigenvalue weighted by Crippen LogP contribution is 2.31. The molecular formula is C26H27ClN4O4. The molecule has 35 heavy (non-hydrogen) atoms. The summed E-state index contributed by atoms with van der Waals surface area (Å²) in [7, 11) is 0. The van der Waals surface area contributed by atoms with Gasteiger partial charge in [-0.1, -0.05) is 61.8 Å². The number of hydrogen-bond acceptors (Lipinski definition) is 5. The summed E-state index contributed by atoms with van der Waals surface area (Å²) in [6.07, 6.45) is 0.0169. The number of halogens is 1. The van der Waals surface area contributed by atoms with Crippen LogP contribution in [0.3, 0.4) is 0 Å². The molecule has 1 heterocycles. The normalized spacial score (nSPS) is 11.8. The molecule has 0 radical (unpaired) electrons. The Hall–Kier alpha value is -3.78. The van der Waals surface area contributed by atoms with Gasteiger partial charge in [-0.05, 0) is 37.0 Å². The van der Waals surface area contributed by atoms with Crippen LogP contribution >= 0.6 is 11.6 Å². The summed E-state index contributed by atoms with van der Waals surface area (Å²) in [6, 6.07) is 11.8. The van der Waals surface area contributed by atoms with E-state index < -0.39 is 17.9 Å². The van der Waals surface area contributed by atoms with Crippen LogP contribution in [0.5, 0.6) is 0 Å². The second-order valence-corrected chi connectivity index (χ2v) is 9.06. The average Bonchev–Trinajstić information content (AvgIpc) is 2.77. The molecule has 2 amide bonds. The maximum Gasteiger partial charge on any atom is 0.326 e. The number of carbonyl (C=O) groups excluding carboxylic acids is 2. The molecule has 0 aliphatic rings. The Kier molecular flexibility index (Phi) is 7.86. The number of amides is 2. The van der Waals surface area contributed by atoms with Gasteiger partial charge in [0.25, 0.3) is 5.91 Å². The fourth-order valence-electron chi connectivity index (χ4n) is 3.77. The van der Waals surface area contributed by atoms with E-state index in [0.29, 0.717) is 27.7 Å². The average molecular weight is 495 g/mol. The number of carbonyl (C=O) groups is 3. The van der Waals surface area contributed by atoms with Gasteiger partial charge in [0.2, 0.25) is 5.91 Å². The van der Waals surface area contributed by atoms with Crippen molar-refractivity contribution in [3.8, 4) is 22.4 Å². The molecule has 1 unspecified atom stereocenters. The van der Waals surface area contributed by atoms with Crippen molar-refractivity contribution < 1.29 is 19.5 Å². The summed E-state index contributed by atoms with van der Waals surface area (Å²) >= 11 is 6.51. The van der Waals surface area contributed by atoms with Crippen LogP contribution < -0.4 is 11.1 Å². The number of carboxylic acid groups (broad SMARTS) is 1. The zero-order valence-electron chi connectivity index (χ0n) is 19.9. The topological polar surface area (TPSA) is 135 Å². The van der Waals surface area contributed by atoms with Crippen molar-refractivity contribution in [2.45, 2.75) is 40.2 Å². The molecule has 0 saturated heterocycles. The third kappa shape index (κ3) is 6.02. The van der Waals surface area contributed by atoms with Gasteiger partial charge in [-0.2, -0.15) is 0 Å². The highest BCUT2D eigenvalue weighted by atomic mass is 35.5. The Bertz CT molecular complexity index is 1290. The number of hydrogen-bond donors (Lipinski definition) is 3. The third-order valence-electron chi connectivity index (χ3n) is 5.59. The van der Waals surface area contributed by atoms with Gasteiger partial charge in [0.1, 0.15) is 11.7 Å². The van der Waals surface area contributed by atoms with E-state index >= 15 is 0 Å². The first-order valence-corrected chi connectivity index (χ1v) is 11.4. The highest BCUT2D eigenvalue weighted by Gasteiger charge is 2.23. The van der Waals surface area contributed by atoms with Crippen LogP contribution in [0.4, 0.5) is 0 Å². The molecule has 0 aliphatic carbocycles. The van der Waals surface area contributed by atoms with Crippen LogP contribution in [-0.2, 0) is 16.0 Å². The Morgan fingerprint density at radius 1 is 1.00 bits per heavy atom. The number of aryl methyl sites for hydroxylation is 2. The van der Waals surface area contributed by atoms with Crippen molar-refractivity contribution >= 4 is 29.4 Å². The van der Waals surface area contributed by atoms with E-state index in [-0.39, 0.29) is 23.9 Å². The number of primary amides is 1. The fourth-order valence-corrected chi connectivity index (χ4v) is 4.08. The predicted molar refractivity (Wildman–Crippen MR) is 134 cm³/mol. The summed E-state index contributed by atoms with van der Waals surface area (Å²) in [4.78, 5) is 44.1. The molecule has 0 spiro atoms. The molecule has 0 aliphatic heterocycles. The zero-order valence-corrected chi connectivity index (χ0v) is 20.7. The standard InChI is InChI=1S/C26H27ClN4O4/c1-13(2)22(26(34)35)30-21(32)12-16-5-10-19(20(27)11-16)17-6-8-18(9-7-17)23-14(3)29-15(4)24(31-23)25(28)33/h5-11,13,22H,12H2,1-4H3,(H2,28,33)(H,30,32)(H,34,35). The molecule has 0 saturated carbocycles. The number of benzene rings is 2. The van der Waals surface area contributed by atoms with Crippen LogP contribution in [0.1, 0.15) is 41.3 Å². The zero-order chi connectivity index (χ0) is 25.9. The van der Waals surface area contributed by atoms with Crippen molar-refractivity contribution in [2.24, 2.45) is 11.7 Å². The van der Waals surface area contributed by atoms with E-state index in [0.717, 1.165) is 16.7 Å². The Balaban J connectivity index is 1.80. The summed E-state index contributed by atoms with van der Waals surface area (Å²) in [5.74, 6) is -2.31. The van der Waals surface area contributed by atoms with E-state index in [2.05, 4.69) is 15.3 Å². The number of rotatable bonds is 8. The van der Waals surface area contributed by atoms with Crippen LogP contribution in [0.2, 0.25) is 5.02 Å². The second-order valence-electron chi connectivity index (χ2n) is 8.65. The van der Waals surface area contributed by atoms with Crippen LogP contribution in [0.25, 0.3) is 22.4 Å². The van der Waals surface area contributed by atoms with Gasteiger partial charge in [0.05, 0.1) is 23.5 Å². The molecule has 0 bridgehead atoms. The molecule has 182 valence electrons. The molecule has 1 aromatic heterocycles. The molecule has 3 aromatic rings. The largest absolute Gasteiger partial charge is 0.480 e. The molecule has 1 atom stereocenters. The molecule has 2 aromatic carbocycles. The first kappa shape index (κ1) is 25.8. The van der Waals surface area contributed by atoms with Gasteiger partial charge in [0.15, 0.2) is 0 Å². The monoisotopic (exact) mass is 494 g/mol. The van der Waals surface area contributed by atoms with Crippen molar-refractivity contribution in [1.82, 2.24) is 15.3 Å². The minimum absolute atomic E-state index is 0.0169. The van der Waals surface area contributed by atoms with Gasteiger partial charge in [-0.15, -0.1) is 0 Å². The Morgan fingerprint density at radius 3 is 2.17 bits per heavy atom. The summed E-state index contributed by atoms with van der Waals surface area (Å²) in [6.45, 7) is 6.98. The van der Waals surface area contributed by atoms with Crippen molar-refractivity contribution in [2.75, 3.05) is 0 Å². The van der Waals surface area contributed by atoms with Crippen LogP contribution in [0, 0.1) is 19.8 Å². The maximum absolute atomic E-state index is 12.3. The third-order valence-corrected chi connectivity index (χ3v) is 5.91. The number of nitrogens with one attached hydrogen (secondary N) is 1. The maximum atomic E-state index is 12.3. The van der Waals surface area contributed by atoms with E-state index in [1.54, 1.807) is 32.9 Å². The SMILES string of the molecule is Cc1nc(C)c(-c2ccc(-c3ccc(CC(=O)NC(C(=O)O)C(C)C)cc3Cl)cc2)nc1C(N)=O. The lowest BCUT2D eigenvalue weighted by atomic mass is 9.99. The molecule has 3 rings (SSSR count). The first-order chi connectivity index (χ1) is 16.5. The highest BCUT2D eigenvalue weighted by molar-refractivity contribution is 6.33. The molecule has 8 nitrogen and oxygen atoms in total. The predicted octanol–water partition coefficient (Wildman–Crippen LogP) is 3.95. The summed E-state index contributed by atoms with van der Waals surface area (Å²) in [5.41, 5.74) is 10.4. The first-order valence-electron chi connectivity index (χ1n) is 11.0. The fraction of sp³-hybridized carbons (Fsp3) is 0.269. The quantitative estimate of drug-likeness (QED) is 0.434. The Labute approximate surface area is 208 Å². The number of carboxylic acids is 1. The molecular weight excluding hydrogens is 468 g/mol.